The number of aliphatic carboxylic acids is 1. The molecule has 1 heterocycles. The van der Waals surface area contributed by atoms with Crippen LogP contribution < -0.4 is 5.73 Å². The van der Waals surface area contributed by atoms with Crippen LogP contribution >= 0.6 is 0 Å². The van der Waals surface area contributed by atoms with Gasteiger partial charge in [0.25, 0.3) is 0 Å². The van der Waals surface area contributed by atoms with E-state index >= 15 is 0 Å². The van der Waals surface area contributed by atoms with Crippen molar-refractivity contribution in [3.63, 3.8) is 0 Å². The lowest BCUT2D eigenvalue weighted by Crippen LogP contribution is -2.49. The highest BCUT2D eigenvalue weighted by Gasteiger charge is 2.29. The van der Waals surface area contributed by atoms with Gasteiger partial charge in [0.2, 0.25) is 5.91 Å². The molecule has 2 atom stereocenters. The van der Waals surface area contributed by atoms with Gasteiger partial charge < -0.3 is 20.7 Å². The van der Waals surface area contributed by atoms with Gasteiger partial charge in [0.15, 0.2) is 0 Å². The lowest BCUT2D eigenvalue weighted by Gasteiger charge is -2.26. The number of benzene rings is 1. The van der Waals surface area contributed by atoms with E-state index in [9.17, 15) is 14.7 Å². The van der Waals surface area contributed by atoms with E-state index in [1.807, 2.05) is 24.3 Å². The Kier molecular flexibility index (Phi) is 4.28. The number of likely N-dealkylation sites (N-methyl/N-ethyl adjacent to an activating group) is 1. The molecule has 0 aliphatic carbocycles. The molecule has 0 saturated heterocycles. The number of nitrogens with zero attached hydrogens (tertiary/aromatic N) is 1. The Balaban J connectivity index is 2.28. The van der Waals surface area contributed by atoms with Crippen LogP contribution in [0.1, 0.15) is 12.5 Å². The van der Waals surface area contributed by atoms with Gasteiger partial charge >= 0.3 is 5.97 Å². The minimum atomic E-state index is -1.04. The van der Waals surface area contributed by atoms with Gasteiger partial charge in [-0.15, -0.1) is 0 Å². The molecule has 6 heteroatoms. The number of nitrogens with two attached hydrogens (primary N) is 1. The van der Waals surface area contributed by atoms with Crippen LogP contribution in [0.4, 0.5) is 0 Å². The molecular formula is C15H19N3O3. The number of hydrogen-bond donors (Lipinski definition) is 3. The first-order chi connectivity index (χ1) is 9.91. The van der Waals surface area contributed by atoms with Crippen molar-refractivity contribution in [2.45, 2.75) is 25.4 Å². The Bertz CT molecular complexity index is 663. The third-order valence-electron chi connectivity index (χ3n) is 3.58. The van der Waals surface area contributed by atoms with Crippen molar-refractivity contribution in [2.75, 3.05) is 7.05 Å². The van der Waals surface area contributed by atoms with Crippen LogP contribution in [-0.2, 0) is 16.0 Å². The third kappa shape index (κ3) is 3.05. The molecule has 0 spiro atoms. The summed E-state index contributed by atoms with van der Waals surface area (Å²) in [5, 5.41) is 10.4. The molecule has 0 radical (unpaired) electrons. The molecule has 112 valence electrons. The Morgan fingerprint density at radius 2 is 2.05 bits per heavy atom. The van der Waals surface area contributed by atoms with Crippen molar-refractivity contribution < 1.29 is 14.7 Å². The topological polar surface area (TPSA) is 99.4 Å². The number of para-hydroxylation sites is 1. The zero-order valence-electron chi connectivity index (χ0n) is 12.0. The van der Waals surface area contributed by atoms with E-state index in [1.165, 1.54) is 11.9 Å². The first kappa shape index (κ1) is 15.1. The summed E-state index contributed by atoms with van der Waals surface area (Å²) >= 11 is 0. The van der Waals surface area contributed by atoms with Crippen LogP contribution in [0.15, 0.2) is 30.5 Å². The first-order valence-corrected chi connectivity index (χ1v) is 6.72. The quantitative estimate of drug-likeness (QED) is 0.763. The fourth-order valence-electron chi connectivity index (χ4n) is 2.37. The first-order valence-electron chi connectivity index (χ1n) is 6.72. The van der Waals surface area contributed by atoms with Crippen LogP contribution in [0.5, 0.6) is 0 Å². The van der Waals surface area contributed by atoms with Gasteiger partial charge in [0.1, 0.15) is 6.04 Å². The monoisotopic (exact) mass is 289 g/mol. The molecule has 1 aromatic heterocycles. The zero-order chi connectivity index (χ0) is 15.6. The number of carbonyl (C=O) groups is 2. The van der Waals surface area contributed by atoms with Gasteiger partial charge in [-0.1, -0.05) is 18.2 Å². The maximum absolute atomic E-state index is 11.9. The highest BCUT2D eigenvalue weighted by molar-refractivity contribution is 5.88. The standard InChI is InChI=1S/C15H19N3O3/c1-9(16)14(19)18(2)13(15(20)21)7-10-8-17-12-6-4-3-5-11(10)12/h3-6,8-9,13,17H,7,16H2,1-2H3,(H,20,21)/t9-,13-/m0/s1. The van der Waals surface area contributed by atoms with Crippen molar-refractivity contribution >= 4 is 22.8 Å². The Hall–Kier alpha value is -2.34. The second-order valence-corrected chi connectivity index (χ2v) is 5.16. The molecule has 2 rings (SSSR count). The highest BCUT2D eigenvalue weighted by Crippen LogP contribution is 2.20. The molecule has 0 saturated carbocycles. The number of H-pyrrole nitrogens is 1. The third-order valence-corrected chi connectivity index (χ3v) is 3.58. The van der Waals surface area contributed by atoms with Crippen molar-refractivity contribution in [3.8, 4) is 0 Å². The molecule has 6 nitrogen and oxygen atoms in total. The second-order valence-electron chi connectivity index (χ2n) is 5.16. The van der Waals surface area contributed by atoms with E-state index in [0.717, 1.165) is 16.5 Å². The number of aromatic nitrogens is 1. The molecule has 0 bridgehead atoms. The average Bonchev–Trinajstić information content (AvgIpc) is 2.86. The number of amides is 1. The van der Waals surface area contributed by atoms with Crippen molar-refractivity contribution in [2.24, 2.45) is 5.73 Å². The van der Waals surface area contributed by atoms with Gasteiger partial charge in [-0.05, 0) is 18.6 Å². The largest absolute Gasteiger partial charge is 0.480 e. The number of aromatic amines is 1. The molecule has 0 aliphatic rings. The Morgan fingerprint density at radius 1 is 1.38 bits per heavy atom. The van der Waals surface area contributed by atoms with E-state index in [0.29, 0.717) is 0 Å². The fourth-order valence-corrected chi connectivity index (χ4v) is 2.37. The zero-order valence-corrected chi connectivity index (χ0v) is 12.0. The van der Waals surface area contributed by atoms with E-state index in [4.69, 9.17) is 5.73 Å². The fraction of sp³-hybridized carbons (Fsp3) is 0.333. The smallest absolute Gasteiger partial charge is 0.326 e. The van der Waals surface area contributed by atoms with Crippen LogP contribution in [-0.4, -0.2) is 46.0 Å². The summed E-state index contributed by atoms with van der Waals surface area (Å²) in [6, 6.07) is 5.98. The number of fused-ring (bicyclic) bond motifs is 1. The van der Waals surface area contributed by atoms with Crippen molar-refractivity contribution in [1.82, 2.24) is 9.88 Å². The van der Waals surface area contributed by atoms with Crippen LogP contribution in [0.3, 0.4) is 0 Å². The lowest BCUT2D eigenvalue weighted by atomic mass is 10.0. The molecular weight excluding hydrogens is 270 g/mol. The number of carboxylic acids is 1. The summed E-state index contributed by atoms with van der Waals surface area (Å²) in [6.07, 6.45) is 2.01. The number of carbonyl (C=O) groups excluding carboxylic acids is 1. The van der Waals surface area contributed by atoms with Crippen LogP contribution in [0.2, 0.25) is 0 Å². The van der Waals surface area contributed by atoms with Crippen molar-refractivity contribution in [3.05, 3.63) is 36.0 Å². The second kappa shape index (κ2) is 5.97. The summed E-state index contributed by atoms with van der Waals surface area (Å²) in [7, 11) is 1.47. The number of carboxylic acid groups (broad SMARTS) is 1. The molecule has 1 aromatic carbocycles. The molecule has 2 aromatic rings. The predicted octanol–water partition coefficient (Wildman–Crippen LogP) is 0.969. The summed E-state index contributed by atoms with van der Waals surface area (Å²) in [4.78, 5) is 27.7. The van der Waals surface area contributed by atoms with E-state index in [1.54, 1.807) is 13.1 Å². The van der Waals surface area contributed by atoms with E-state index in [2.05, 4.69) is 4.98 Å². The Labute approximate surface area is 122 Å². The lowest BCUT2D eigenvalue weighted by molar-refractivity contribution is -0.149. The van der Waals surface area contributed by atoms with Crippen LogP contribution in [0.25, 0.3) is 10.9 Å². The number of nitrogens with one attached hydrogen (secondary N) is 1. The van der Waals surface area contributed by atoms with E-state index in [-0.39, 0.29) is 12.3 Å². The average molecular weight is 289 g/mol. The molecule has 0 unspecified atom stereocenters. The van der Waals surface area contributed by atoms with Gasteiger partial charge in [0, 0.05) is 30.6 Å². The van der Waals surface area contributed by atoms with Gasteiger partial charge in [-0.25, -0.2) is 4.79 Å². The minimum absolute atomic E-state index is 0.230. The summed E-state index contributed by atoms with van der Waals surface area (Å²) in [5.74, 6) is -1.43. The number of hydrogen-bond acceptors (Lipinski definition) is 3. The predicted molar refractivity (Wildman–Crippen MR) is 79.8 cm³/mol. The molecule has 21 heavy (non-hydrogen) atoms. The normalized spacial score (nSPS) is 13.9. The molecule has 0 aliphatic heterocycles. The summed E-state index contributed by atoms with van der Waals surface area (Å²) < 4.78 is 0. The summed E-state index contributed by atoms with van der Waals surface area (Å²) in [6.45, 7) is 1.55. The highest BCUT2D eigenvalue weighted by atomic mass is 16.4. The summed E-state index contributed by atoms with van der Waals surface area (Å²) in [5.41, 5.74) is 7.35. The van der Waals surface area contributed by atoms with Gasteiger partial charge in [0.05, 0.1) is 6.04 Å². The van der Waals surface area contributed by atoms with Crippen molar-refractivity contribution in [1.29, 1.82) is 0 Å². The maximum atomic E-state index is 11.9. The van der Waals surface area contributed by atoms with E-state index < -0.39 is 18.1 Å². The van der Waals surface area contributed by atoms with Crippen LogP contribution in [0, 0.1) is 0 Å². The molecule has 4 N–H and O–H groups in total. The number of rotatable bonds is 5. The van der Waals surface area contributed by atoms with Gasteiger partial charge in [-0.3, -0.25) is 4.79 Å². The molecule has 1 amide bonds. The van der Waals surface area contributed by atoms with Gasteiger partial charge in [-0.2, -0.15) is 0 Å². The Morgan fingerprint density at radius 3 is 2.67 bits per heavy atom. The maximum Gasteiger partial charge on any atom is 0.326 e. The minimum Gasteiger partial charge on any atom is -0.480 e. The molecule has 0 fully saturated rings. The SMILES string of the molecule is C[C@H](N)C(=O)N(C)[C@@H](Cc1c[nH]c2ccccc12)C(=O)O.